The molecule has 1 amide bonds. The van der Waals surface area contributed by atoms with Crippen LogP contribution in [0.1, 0.15) is 45.4 Å². The fraction of sp³-hybridized carbons (Fsp3) is 0.522. The van der Waals surface area contributed by atoms with E-state index in [0.717, 1.165) is 54.4 Å². The number of hydrogen-bond donors (Lipinski definition) is 1. The number of benzene rings is 1. The van der Waals surface area contributed by atoms with Gasteiger partial charge >= 0.3 is 0 Å². The van der Waals surface area contributed by atoms with Crippen molar-refractivity contribution in [1.82, 2.24) is 24.9 Å². The standard InChI is InChI=1S/C23H29N5O/c1-16-9-17(14-27(16)23(29)18-5-3-2-4-6-18)15-28-22-8-7-19(10-20(22)13-26-28)21-11-24-25-12-21/h7-8,10-13,16-18H,2-6,9,14-15H2,1H3,(H,24,25)/t16-,17?/m0/s1. The van der Waals surface area contributed by atoms with Crippen molar-refractivity contribution in [1.29, 1.82) is 0 Å². The van der Waals surface area contributed by atoms with Crippen molar-refractivity contribution >= 4 is 16.8 Å². The van der Waals surface area contributed by atoms with Crippen LogP contribution in [0.15, 0.2) is 36.8 Å². The third kappa shape index (κ3) is 3.56. The largest absolute Gasteiger partial charge is 0.339 e. The molecule has 2 atom stereocenters. The molecule has 1 aromatic carbocycles. The van der Waals surface area contributed by atoms with Crippen LogP contribution in [0.5, 0.6) is 0 Å². The molecule has 152 valence electrons. The number of nitrogens with zero attached hydrogens (tertiary/aromatic N) is 4. The molecule has 6 nitrogen and oxygen atoms in total. The monoisotopic (exact) mass is 391 g/mol. The van der Waals surface area contributed by atoms with Crippen LogP contribution in [0.25, 0.3) is 22.0 Å². The van der Waals surface area contributed by atoms with Crippen molar-refractivity contribution in [2.75, 3.05) is 6.54 Å². The van der Waals surface area contributed by atoms with Crippen LogP contribution in [0.3, 0.4) is 0 Å². The summed E-state index contributed by atoms with van der Waals surface area (Å²) in [5, 5.41) is 12.7. The van der Waals surface area contributed by atoms with Crippen LogP contribution in [0.4, 0.5) is 0 Å². The van der Waals surface area contributed by atoms with Crippen LogP contribution in [-0.2, 0) is 11.3 Å². The summed E-state index contributed by atoms with van der Waals surface area (Å²) in [5.74, 6) is 1.13. The first-order valence-electron chi connectivity index (χ1n) is 10.9. The van der Waals surface area contributed by atoms with Gasteiger partial charge in [-0.3, -0.25) is 14.6 Å². The molecule has 5 rings (SSSR count). The molecule has 1 saturated carbocycles. The van der Waals surface area contributed by atoms with E-state index in [-0.39, 0.29) is 5.92 Å². The number of likely N-dealkylation sites (tertiary alicyclic amines) is 1. The summed E-state index contributed by atoms with van der Waals surface area (Å²) in [6.45, 7) is 3.94. The van der Waals surface area contributed by atoms with Gasteiger partial charge in [0.15, 0.2) is 0 Å². The number of nitrogens with one attached hydrogen (secondary N) is 1. The molecule has 0 radical (unpaired) electrons. The van der Waals surface area contributed by atoms with Gasteiger partial charge in [-0.2, -0.15) is 10.2 Å². The summed E-state index contributed by atoms with van der Waals surface area (Å²) in [6, 6.07) is 6.78. The van der Waals surface area contributed by atoms with E-state index >= 15 is 0 Å². The molecule has 2 aromatic heterocycles. The van der Waals surface area contributed by atoms with Gasteiger partial charge in [0, 0.05) is 42.2 Å². The van der Waals surface area contributed by atoms with Crippen molar-refractivity contribution in [2.24, 2.45) is 11.8 Å². The Morgan fingerprint density at radius 2 is 2.03 bits per heavy atom. The van der Waals surface area contributed by atoms with Crippen molar-refractivity contribution in [3.63, 3.8) is 0 Å². The van der Waals surface area contributed by atoms with Gasteiger partial charge < -0.3 is 4.90 Å². The summed E-state index contributed by atoms with van der Waals surface area (Å²) >= 11 is 0. The Labute approximate surface area is 171 Å². The average Bonchev–Trinajstić information content (AvgIpc) is 3.49. The molecular formula is C23H29N5O. The van der Waals surface area contributed by atoms with E-state index in [2.05, 4.69) is 50.0 Å². The molecule has 0 spiro atoms. The van der Waals surface area contributed by atoms with Crippen LogP contribution in [0.2, 0.25) is 0 Å². The lowest BCUT2D eigenvalue weighted by Gasteiger charge is -2.29. The van der Waals surface area contributed by atoms with Gasteiger partial charge in [0.25, 0.3) is 0 Å². The van der Waals surface area contributed by atoms with Gasteiger partial charge in [-0.05, 0) is 49.8 Å². The number of hydrogen-bond acceptors (Lipinski definition) is 3. The second kappa shape index (κ2) is 7.65. The molecule has 1 aliphatic heterocycles. The zero-order valence-corrected chi connectivity index (χ0v) is 17.1. The van der Waals surface area contributed by atoms with E-state index in [4.69, 9.17) is 0 Å². The van der Waals surface area contributed by atoms with Crippen molar-refractivity contribution in [2.45, 2.75) is 58.0 Å². The lowest BCUT2D eigenvalue weighted by molar-refractivity contribution is -0.137. The van der Waals surface area contributed by atoms with E-state index in [9.17, 15) is 4.79 Å². The van der Waals surface area contributed by atoms with Gasteiger partial charge in [0.05, 0.1) is 17.9 Å². The van der Waals surface area contributed by atoms with E-state index < -0.39 is 0 Å². The first kappa shape index (κ1) is 18.4. The lowest BCUT2D eigenvalue weighted by Crippen LogP contribution is -2.39. The quantitative estimate of drug-likeness (QED) is 0.723. The highest BCUT2D eigenvalue weighted by molar-refractivity contribution is 5.84. The van der Waals surface area contributed by atoms with Crippen molar-refractivity contribution in [3.05, 3.63) is 36.8 Å². The fourth-order valence-electron chi connectivity index (χ4n) is 5.23. The number of rotatable bonds is 4. The highest BCUT2D eigenvalue weighted by Gasteiger charge is 2.36. The van der Waals surface area contributed by atoms with E-state index in [0.29, 0.717) is 17.9 Å². The molecule has 2 fully saturated rings. The fourth-order valence-corrected chi connectivity index (χ4v) is 5.23. The predicted molar refractivity (Wildman–Crippen MR) is 113 cm³/mol. The highest BCUT2D eigenvalue weighted by Crippen LogP contribution is 2.32. The number of H-pyrrole nitrogens is 1. The zero-order valence-electron chi connectivity index (χ0n) is 17.1. The van der Waals surface area contributed by atoms with Gasteiger partial charge in [-0.1, -0.05) is 25.3 Å². The van der Waals surface area contributed by atoms with Crippen molar-refractivity contribution < 1.29 is 4.79 Å². The first-order valence-corrected chi connectivity index (χ1v) is 10.9. The molecular weight excluding hydrogens is 362 g/mol. The number of fused-ring (bicyclic) bond motifs is 1. The molecule has 2 aliphatic rings. The molecule has 3 heterocycles. The minimum Gasteiger partial charge on any atom is -0.339 e. The topological polar surface area (TPSA) is 66.8 Å². The number of carbonyl (C=O) groups excluding carboxylic acids is 1. The van der Waals surface area contributed by atoms with Crippen LogP contribution < -0.4 is 0 Å². The van der Waals surface area contributed by atoms with Crippen molar-refractivity contribution in [3.8, 4) is 11.1 Å². The molecule has 3 aromatic rings. The number of aromatic amines is 1. The van der Waals surface area contributed by atoms with Gasteiger partial charge in [-0.15, -0.1) is 0 Å². The zero-order chi connectivity index (χ0) is 19.8. The third-order valence-electron chi connectivity index (χ3n) is 6.80. The Kier molecular flexibility index (Phi) is 4.86. The maximum absolute atomic E-state index is 13.0. The SMILES string of the molecule is C[C@H]1CC(Cn2ncc3cc(-c4cn[nH]c4)ccc32)CN1C(=O)C1CCCCC1. The highest BCUT2D eigenvalue weighted by atomic mass is 16.2. The van der Waals surface area contributed by atoms with Crippen LogP contribution >= 0.6 is 0 Å². The Balaban J connectivity index is 1.29. The number of aromatic nitrogens is 4. The summed E-state index contributed by atoms with van der Waals surface area (Å²) in [5.41, 5.74) is 3.38. The minimum absolute atomic E-state index is 0.261. The van der Waals surface area contributed by atoms with Gasteiger partial charge in [0.2, 0.25) is 5.91 Å². The molecule has 1 saturated heterocycles. The number of carbonyl (C=O) groups is 1. The first-order chi connectivity index (χ1) is 14.2. The van der Waals surface area contributed by atoms with E-state index in [1.54, 1.807) is 0 Å². The normalized spacial score (nSPS) is 23.1. The Hall–Kier alpha value is -2.63. The Morgan fingerprint density at radius 1 is 1.17 bits per heavy atom. The summed E-state index contributed by atoms with van der Waals surface area (Å²) < 4.78 is 2.11. The lowest BCUT2D eigenvalue weighted by atomic mass is 9.88. The van der Waals surface area contributed by atoms with E-state index in [1.165, 1.54) is 19.3 Å². The molecule has 1 aliphatic carbocycles. The number of amides is 1. The molecule has 1 N–H and O–H groups in total. The second-order valence-electron chi connectivity index (χ2n) is 8.86. The van der Waals surface area contributed by atoms with E-state index in [1.807, 2.05) is 18.6 Å². The molecule has 1 unspecified atom stereocenters. The molecule has 6 heteroatoms. The van der Waals surface area contributed by atoms with Gasteiger partial charge in [-0.25, -0.2) is 0 Å². The average molecular weight is 392 g/mol. The maximum atomic E-state index is 13.0. The maximum Gasteiger partial charge on any atom is 0.225 e. The molecule has 0 bridgehead atoms. The third-order valence-corrected chi connectivity index (χ3v) is 6.80. The minimum atomic E-state index is 0.261. The second-order valence-corrected chi connectivity index (χ2v) is 8.86. The summed E-state index contributed by atoms with van der Waals surface area (Å²) in [7, 11) is 0. The van der Waals surface area contributed by atoms with Crippen LogP contribution in [0, 0.1) is 11.8 Å². The van der Waals surface area contributed by atoms with Crippen LogP contribution in [-0.4, -0.2) is 43.4 Å². The summed E-state index contributed by atoms with van der Waals surface area (Å²) in [6.07, 6.45) is 12.6. The van der Waals surface area contributed by atoms with Gasteiger partial charge in [0.1, 0.15) is 0 Å². The Morgan fingerprint density at radius 3 is 2.83 bits per heavy atom. The predicted octanol–water partition coefficient (Wildman–Crippen LogP) is 4.24. The smallest absolute Gasteiger partial charge is 0.225 e. The Bertz CT molecular complexity index is 986. The summed E-state index contributed by atoms with van der Waals surface area (Å²) in [4.78, 5) is 15.2. The molecule has 29 heavy (non-hydrogen) atoms.